The lowest BCUT2D eigenvalue weighted by Crippen LogP contribution is -2.61. The number of carbonyl (C=O) groups is 2. The van der Waals surface area contributed by atoms with Gasteiger partial charge in [-0.1, -0.05) is 30.3 Å². The Morgan fingerprint density at radius 2 is 1.78 bits per heavy atom. The van der Waals surface area contributed by atoms with Gasteiger partial charge in [-0.25, -0.2) is 0 Å². The van der Waals surface area contributed by atoms with Gasteiger partial charge in [0.2, 0.25) is 0 Å². The lowest BCUT2D eigenvalue weighted by atomic mass is 9.89. The number of aromatic nitrogens is 2. The maximum atomic E-state index is 13.3. The van der Waals surface area contributed by atoms with Crippen LogP contribution in [-0.4, -0.2) is 71.0 Å². The molecule has 1 aromatic carbocycles. The standard InChI is InChI=1S/C25H26N4O3/c1-28(2)24(31)25(15-19-6-3-7-20(14-19)21-8-4-10-26-16-21)18-29(12-13-32-25)23(30)22-9-5-11-27-17-22/h3-11,14,16-17H,12-13,15,18H2,1-2H3. The average molecular weight is 431 g/mol. The summed E-state index contributed by atoms with van der Waals surface area (Å²) in [6.45, 7) is 0.884. The average Bonchev–Trinajstić information content (AvgIpc) is 2.84. The highest BCUT2D eigenvalue weighted by atomic mass is 16.5. The summed E-state index contributed by atoms with van der Waals surface area (Å²) in [7, 11) is 3.42. The third kappa shape index (κ3) is 4.53. The van der Waals surface area contributed by atoms with Crippen molar-refractivity contribution in [3.05, 3.63) is 84.4 Å². The van der Waals surface area contributed by atoms with E-state index in [-0.39, 0.29) is 25.0 Å². The molecule has 3 aromatic rings. The van der Waals surface area contributed by atoms with Gasteiger partial charge in [-0.05, 0) is 34.9 Å². The van der Waals surface area contributed by atoms with Gasteiger partial charge in [0.1, 0.15) is 0 Å². The number of pyridine rings is 2. The first kappa shape index (κ1) is 21.6. The van der Waals surface area contributed by atoms with Crippen LogP contribution in [0.2, 0.25) is 0 Å². The second-order valence-corrected chi connectivity index (χ2v) is 8.13. The van der Waals surface area contributed by atoms with Crippen molar-refractivity contribution in [1.29, 1.82) is 0 Å². The van der Waals surface area contributed by atoms with Gasteiger partial charge in [-0.15, -0.1) is 0 Å². The lowest BCUT2D eigenvalue weighted by Gasteiger charge is -2.43. The van der Waals surface area contributed by atoms with E-state index in [1.54, 1.807) is 49.7 Å². The summed E-state index contributed by atoms with van der Waals surface area (Å²) in [5, 5.41) is 0. The van der Waals surface area contributed by atoms with Crippen LogP contribution in [0.3, 0.4) is 0 Å². The normalized spacial score (nSPS) is 18.2. The minimum Gasteiger partial charge on any atom is -0.361 e. The predicted octanol–water partition coefficient (Wildman–Crippen LogP) is 2.69. The monoisotopic (exact) mass is 430 g/mol. The summed E-state index contributed by atoms with van der Waals surface area (Å²) in [5.74, 6) is -0.311. The molecule has 1 saturated heterocycles. The van der Waals surface area contributed by atoms with Gasteiger partial charge >= 0.3 is 0 Å². The van der Waals surface area contributed by atoms with Gasteiger partial charge in [-0.2, -0.15) is 0 Å². The Balaban J connectivity index is 1.64. The molecule has 164 valence electrons. The summed E-state index contributed by atoms with van der Waals surface area (Å²) in [6.07, 6.45) is 7.08. The number of hydrogen-bond acceptors (Lipinski definition) is 5. The van der Waals surface area contributed by atoms with E-state index >= 15 is 0 Å². The van der Waals surface area contributed by atoms with E-state index in [0.29, 0.717) is 18.5 Å². The van der Waals surface area contributed by atoms with Crippen molar-refractivity contribution in [2.75, 3.05) is 33.8 Å². The van der Waals surface area contributed by atoms with E-state index in [9.17, 15) is 9.59 Å². The van der Waals surface area contributed by atoms with Crippen LogP contribution in [0.1, 0.15) is 15.9 Å². The van der Waals surface area contributed by atoms with E-state index in [4.69, 9.17) is 4.74 Å². The van der Waals surface area contributed by atoms with Crippen molar-refractivity contribution < 1.29 is 14.3 Å². The first-order valence-electron chi connectivity index (χ1n) is 10.5. The molecule has 7 heteroatoms. The Labute approximate surface area is 187 Å². The molecule has 1 unspecified atom stereocenters. The second kappa shape index (κ2) is 9.28. The molecule has 3 heterocycles. The van der Waals surface area contributed by atoms with Crippen molar-refractivity contribution in [2.24, 2.45) is 0 Å². The summed E-state index contributed by atoms with van der Waals surface area (Å²) < 4.78 is 6.14. The third-order valence-electron chi connectivity index (χ3n) is 5.59. The molecule has 0 aliphatic carbocycles. The number of likely N-dealkylation sites (N-methyl/N-ethyl adjacent to an activating group) is 1. The molecule has 1 aliphatic heterocycles. The molecule has 7 nitrogen and oxygen atoms in total. The molecule has 0 radical (unpaired) electrons. The SMILES string of the molecule is CN(C)C(=O)C1(Cc2cccc(-c3cccnc3)c2)CN(C(=O)c2cccnc2)CCO1. The predicted molar refractivity (Wildman–Crippen MR) is 121 cm³/mol. The fraction of sp³-hybridized carbons (Fsp3) is 0.280. The number of hydrogen-bond donors (Lipinski definition) is 0. The Morgan fingerprint density at radius 1 is 1.03 bits per heavy atom. The largest absolute Gasteiger partial charge is 0.361 e. The van der Waals surface area contributed by atoms with Crippen LogP contribution >= 0.6 is 0 Å². The van der Waals surface area contributed by atoms with Crippen molar-refractivity contribution in [2.45, 2.75) is 12.0 Å². The lowest BCUT2D eigenvalue weighted by molar-refractivity contribution is -0.165. The van der Waals surface area contributed by atoms with Crippen LogP contribution in [0, 0.1) is 0 Å². The Kier molecular flexibility index (Phi) is 6.28. The van der Waals surface area contributed by atoms with Crippen molar-refractivity contribution >= 4 is 11.8 Å². The highest BCUT2D eigenvalue weighted by Gasteiger charge is 2.46. The molecule has 1 aliphatic rings. The number of ether oxygens (including phenoxy) is 1. The maximum absolute atomic E-state index is 13.3. The van der Waals surface area contributed by atoms with Crippen molar-refractivity contribution in [3.8, 4) is 11.1 Å². The molecule has 0 saturated carbocycles. The molecule has 0 spiro atoms. The zero-order valence-corrected chi connectivity index (χ0v) is 18.3. The van der Waals surface area contributed by atoms with Crippen LogP contribution in [0.4, 0.5) is 0 Å². The topological polar surface area (TPSA) is 75.6 Å². The van der Waals surface area contributed by atoms with E-state index < -0.39 is 5.60 Å². The van der Waals surface area contributed by atoms with Crippen LogP contribution in [-0.2, 0) is 16.0 Å². The summed E-state index contributed by atoms with van der Waals surface area (Å²) in [4.78, 5) is 37.9. The quantitative estimate of drug-likeness (QED) is 0.622. The number of carbonyl (C=O) groups excluding carboxylic acids is 2. The van der Waals surface area contributed by atoms with Gasteiger partial charge in [0.25, 0.3) is 11.8 Å². The first-order chi connectivity index (χ1) is 15.5. The Morgan fingerprint density at radius 3 is 2.47 bits per heavy atom. The number of rotatable bonds is 5. The summed E-state index contributed by atoms with van der Waals surface area (Å²) in [5.41, 5.74) is 2.31. The molecule has 0 bridgehead atoms. The van der Waals surface area contributed by atoms with Crippen molar-refractivity contribution in [1.82, 2.24) is 19.8 Å². The molecule has 1 fully saturated rings. The highest BCUT2D eigenvalue weighted by Crippen LogP contribution is 2.28. The van der Waals surface area contributed by atoms with Gasteiger partial charge in [0, 0.05) is 51.8 Å². The highest BCUT2D eigenvalue weighted by molar-refractivity contribution is 5.95. The van der Waals surface area contributed by atoms with Crippen LogP contribution in [0.5, 0.6) is 0 Å². The summed E-state index contributed by atoms with van der Waals surface area (Å²) in [6, 6.07) is 15.4. The smallest absolute Gasteiger partial charge is 0.256 e. The summed E-state index contributed by atoms with van der Waals surface area (Å²) >= 11 is 0. The molecule has 32 heavy (non-hydrogen) atoms. The van der Waals surface area contributed by atoms with E-state index in [1.807, 2.05) is 42.6 Å². The minimum atomic E-state index is -1.16. The zero-order valence-electron chi connectivity index (χ0n) is 18.3. The fourth-order valence-corrected chi connectivity index (χ4v) is 4.07. The van der Waals surface area contributed by atoms with Gasteiger partial charge in [0.15, 0.2) is 5.60 Å². The molecule has 0 N–H and O–H groups in total. The molecule has 1 atom stereocenters. The zero-order chi connectivity index (χ0) is 22.6. The van der Waals surface area contributed by atoms with Gasteiger partial charge in [0.05, 0.1) is 18.7 Å². The van der Waals surface area contributed by atoms with Crippen LogP contribution in [0.15, 0.2) is 73.3 Å². The minimum absolute atomic E-state index is 0.151. The first-order valence-corrected chi connectivity index (χ1v) is 10.5. The molecular weight excluding hydrogens is 404 g/mol. The maximum Gasteiger partial charge on any atom is 0.256 e. The number of nitrogens with zero attached hydrogens (tertiary/aromatic N) is 4. The van der Waals surface area contributed by atoms with E-state index in [2.05, 4.69) is 9.97 Å². The van der Waals surface area contributed by atoms with Crippen LogP contribution < -0.4 is 0 Å². The van der Waals surface area contributed by atoms with E-state index in [0.717, 1.165) is 16.7 Å². The number of morpholine rings is 1. The molecule has 2 amide bonds. The Hall–Kier alpha value is -3.58. The molecule has 2 aromatic heterocycles. The second-order valence-electron chi connectivity index (χ2n) is 8.13. The van der Waals surface area contributed by atoms with E-state index in [1.165, 1.54) is 4.90 Å². The third-order valence-corrected chi connectivity index (χ3v) is 5.59. The molecule has 4 rings (SSSR count). The van der Waals surface area contributed by atoms with Crippen molar-refractivity contribution in [3.63, 3.8) is 0 Å². The van der Waals surface area contributed by atoms with Gasteiger partial charge in [-0.3, -0.25) is 19.6 Å². The van der Waals surface area contributed by atoms with Gasteiger partial charge < -0.3 is 14.5 Å². The van der Waals surface area contributed by atoms with Crippen LogP contribution in [0.25, 0.3) is 11.1 Å². The molecular formula is C25H26N4O3. The fourth-order valence-electron chi connectivity index (χ4n) is 4.07. The number of benzene rings is 1. The number of amides is 2. The Bertz CT molecular complexity index is 1090.